The molecule has 1 N–H and O–H groups in total. The second kappa shape index (κ2) is 7.69. The average molecular weight is 437 g/mol. The van der Waals surface area contributed by atoms with Crippen LogP contribution in [0.4, 0.5) is 4.79 Å². The topological polar surface area (TPSA) is 89.9 Å². The van der Waals surface area contributed by atoms with E-state index in [0.29, 0.717) is 43.1 Å². The summed E-state index contributed by atoms with van der Waals surface area (Å²) in [6.45, 7) is 4.56. The minimum atomic E-state index is -0.822. The normalized spacial score (nSPS) is 19.4. The van der Waals surface area contributed by atoms with Gasteiger partial charge in [0, 0.05) is 28.7 Å². The third-order valence-corrected chi connectivity index (χ3v) is 6.77. The number of aryl methyl sites for hydroxylation is 1. The van der Waals surface area contributed by atoms with Gasteiger partial charge in [-0.05, 0) is 44.9 Å². The minimum Gasteiger partial charge on any atom is -0.486 e. The molecular weight excluding hydrogens is 410 g/mol. The molecule has 8 heteroatoms. The summed E-state index contributed by atoms with van der Waals surface area (Å²) in [7, 11) is 0. The van der Waals surface area contributed by atoms with E-state index in [0.717, 1.165) is 41.2 Å². The molecule has 0 atom stereocenters. The van der Waals surface area contributed by atoms with Gasteiger partial charge in [-0.2, -0.15) is 0 Å². The van der Waals surface area contributed by atoms with Crippen molar-refractivity contribution in [2.75, 3.05) is 19.8 Å². The number of carbonyl (C=O) groups excluding carboxylic acids is 3. The van der Waals surface area contributed by atoms with Gasteiger partial charge in [0.25, 0.3) is 5.91 Å². The Bertz CT molecular complexity index is 1110. The molecule has 2 aromatic rings. The van der Waals surface area contributed by atoms with E-state index in [2.05, 4.69) is 5.32 Å². The molecule has 5 rings (SSSR count). The summed E-state index contributed by atoms with van der Waals surface area (Å²) in [4.78, 5) is 39.9. The molecule has 0 radical (unpaired) electrons. The van der Waals surface area contributed by atoms with E-state index in [-0.39, 0.29) is 18.2 Å². The first-order valence-electron chi connectivity index (χ1n) is 11.2. The number of hydrogen-bond donors (Lipinski definition) is 1. The predicted octanol–water partition coefficient (Wildman–Crippen LogP) is 3.30. The number of fused-ring (bicyclic) bond motifs is 1. The van der Waals surface area contributed by atoms with Crippen LogP contribution in [0.15, 0.2) is 24.3 Å². The molecule has 3 amide bonds. The van der Waals surface area contributed by atoms with Crippen LogP contribution in [0.25, 0.3) is 5.69 Å². The number of hydrogen-bond acceptors (Lipinski definition) is 5. The lowest BCUT2D eigenvalue weighted by atomic mass is 9.82. The average Bonchev–Trinajstić information content (AvgIpc) is 3.21. The molecule has 0 unspecified atom stereocenters. The number of nitrogens with one attached hydrogen (secondary N) is 1. The van der Waals surface area contributed by atoms with Crippen LogP contribution in [0.5, 0.6) is 11.5 Å². The van der Waals surface area contributed by atoms with E-state index < -0.39 is 11.6 Å². The van der Waals surface area contributed by atoms with Crippen LogP contribution in [-0.4, -0.2) is 52.5 Å². The number of benzene rings is 1. The Morgan fingerprint density at radius 2 is 1.75 bits per heavy atom. The maximum absolute atomic E-state index is 13.2. The maximum Gasteiger partial charge on any atom is 0.325 e. The number of urea groups is 1. The van der Waals surface area contributed by atoms with Gasteiger partial charge in [-0.1, -0.05) is 19.3 Å². The highest BCUT2D eigenvalue weighted by atomic mass is 16.6. The van der Waals surface area contributed by atoms with Gasteiger partial charge in [0.2, 0.25) is 0 Å². The van der Waals surface area contributed by atoms with Gasteiger partial charge in [0.05, 0.1) is 6.54 Å². The number of aromatic nitrogens is 1. The highest BCUT2D eigenvalue weighted by Gasteiger charge is 2.51. The van der Waals surface area contributed by atoms with E-state index in [1.54, 1.807) is 0 Å². The molecule has 1 aromatic heterocycles. The smallest absolute Gasteiger partial charge is 0.325 e. The summed E-state index contributed by atoms with van der Waals surface area (Å²) >= 11 is 0. The molecule has 3 heterocycles. The van der Waals surface area contributed by atoms with E-state index >= 15 is 0 Å². The van der Waals surface area contributed by atoms with Crippen molar-refractivity contribution in [3.63, 3.8) is 0 Å². The van der Waals surface area contributed by atoms with Crippen LogP contribution in [0.3, 0.4) is 0 Å². The Kier molecular flexibility index (Phi) is 4.95. The van der Waals surface area contributed by atoms with E-state index in [1.807, 2.05) is 42.7 Å². The van der Waals surface area contributed by atoms with E-state index in [9.17, 15) is 14.4 Å². The first-order valence-corrected chi connectivity index (χ1v) is 11.2. The minimum absolute atomic E-state index is 0.252. The lowest BCUT2D eigenvalue weighted by Gasteiger charge is -2.30. The van der Waals surface area contributed by atoms with E-state index in [1.165, 1.54) is 0 Å². The molecule has 1 aromatic carbocycles. The highest BCUT2D eigenvalue weighted by molar-refractivity contribution is 6.11. The molecule has 1 saturated carbocycles. The number of ether oxygens (including phenoxy) is 2. The second-order valence-corrected chi connectivity index (χ2v) is 8.84. The van der Waals surface area contributed by atoms with Crippen LogP contribution in [0, 0.1) is 13.8 Å². The summed E-state index contributed by atoms with van der Waals surface area (Å²) in [6, 6.07) is 7.02. The number of carbonyl (C=O) groups is 3. The number of rotatable bonds is 4. The van der Waals surface area contributed by atoms with Gasteiger partial charge in [-0.25, -0.2) is 4.79 Å². The lowest BCUT2D eigenvalue weighted by Crippen LogP contribution is -2.48. The fourth-order valence-electron chi connectivity index (χ4n) is 5.16. The van der Waals surface area contributed by atoms with Crippen molar-refractivity contribution in [3.8, 4) is 17.2 Å². The summed E-state index contributed by atoms with van der Waals surface area (Å²) in [6.07, 6.45) is 4.16. The quantitative estimate of drug-likeness (QED) is 0.586. The zero-order chi connectivity index (χ0) is 22.5. The molecular formula is C24H27N3O5. The van der Waals surface area contributed by atoms with Crippen LogP contribution in [0.2, 0.25) is 0 Å². The molecule has 2 fully saturated rings. The van der Waals surface area contributed by atoms with Crippen molar-refractivity contribution in [2.24, 2.45) is 0 Å². The molecule has 0 bridgehead atoms. The van der Waals surface area contributed by atoms with Crippen molar-refractivity contribution in [3.05, 3.63) is 41.2 Å². The van der Waals surface area contributed by atoms with Crippen LogP contribution < -0.4 is 14.8 Å². The van der Waals surface area contributed by atoms with Gasteiger partial charge in [-0.15, -0.1) is 0 Å². The van der Waals surface area contributed by atoms with Crippen LogP contribution in [0.1, 0.15) is 53.8 Å². The summed E-state index contributed by atoms with van der Waals surface area (Å²) < 4.78 is 13.3. The molecule has 32 heavy (non-hydrogen) atoms. The van der Waals surface area contributed by atoms with Crippen molar-refractivity contribution in [2.45, 2.75) is 51.5 Å². The SMILES string of the molecule is Cc1cc(C(=O)CN2C(=O)NC3(CCCCC3)C2=O)c(C)n1-c1ccc2c(c1)OCCO2. The first-order chi connectivity index (χ1) is 15.4. The molecule has 1 spiro atoms. The number of amides is 3. The Morgan fingerprint density at radius 3 is 2.50 bits per heavy atom. The Morgan fingerprint density at radius 1 is 1.03 bits per heavy atom. The molecule has 1 saturated heterocycles. The molecule has 3 aliphatic rings. The summed E-state index contributed by atoms with van der Waals surface area (Å²) in [5, 5.41) is 2.87. The molecule has 1 aliphatic carbocycles. The van der Waals surface area contributed by atoms with Gasteiger partial charge in [-0.3, -0.25) is 14.5 Å². The Labute approximate surface area is 186 Å². The fraction of sp³-hybridized carbons (Fsp3) is 0.458. The highest BCUT2D eigenvalue weighted by Crippen LogP contribution is 2.35. The predicted molar refractivity (Wildman–Crippen MR) is 117 cm³/mol. The van der Waals surface area contributed by atoms with Crippen molar-refractivity contribution < 1.29 is 23.9 Å². The van der Waals surface area contributed by atoms with Crippen molar-refractivity contribution in [1.82, 2.24) is 14.8 Å². The summed E-state index contributed by atoms with van der Waals surface area (Å²) in [5.74, 6) is 0.856. The van der Waals surface area contributed by atoms with Crippen LogP contribution >= 0.6 is 0 Å². The second-order valence-electron chi connectivity index (χ2n) is 8.84. The molecule has 168 valence electrons. The van der Waals surface area contributed by atoms with Crippen LogP contribution in [-0.2, 0) is 4.79 Å². The number of nitrogens with zero attached hydrogens (tertiary/aromatic N) is 2. The zero-order valence-electron chi connectivity index (χ0n) is 18.4. The third-order valence-electron chi connectivity index (χ3n) is 6.77. The lowest BCUT2D eigenvalue weighted by molar-refractivity contribution is -0.132. The Balaban J connectivity index is 1.40. The number of Topliss-reactive ketones (excluding diaryl/α,β-unsaturated/α-hetero) is 1. The Hall–Kier alpha value is -3.29. The molecule has 8 nitrogen and oxygen atoms in total. The monoisotopic (exact) mass is 437 g/mol. The number of ketones is 1. The third kappa shape index (κ3) is 3.25. The maximum atomic E-state index is 13.2. The van der Waals surface area contributed by atoms with Gasteiger partial charge in [0.15, 0.2) is 17.3 Å². The standard InChI is InChI=1S/C24H27N3O5/c1-15-12-18(16(2)27(15)17-6-7-20-21(13-17)32-11-10-31-20)19(28)14-26-22(29)24(25-23(26)30)8-4-3-5-9-24/h6-7,12-13H,3-5,8-11,14H2,1-2H3,(H,25,30). The largest absolute Gasteiger partial charge is 0.486 e. The zero-order valence-corrected chi connectivity index (χ0v) is 18.4. The van der Waals surface area contributed by atoms with Crippen molar-refractivity contribution in [1.29, 1.82) is 0 Å². The van der Waals surface area contributed by atoms with E-state index in [4.69, 9.17) is 9.47 Å². The first kappa shape index (κ1) is 20.6. The van der Waals surface area contributed by atoms with Gasteiger partial charge < -0.3 is 19.4 Å². The number of imide groups is 1. The van der Waals surface area contributed by atoms with Gasteiger partial charge in [0.1, 0.15) is 18.8 Å². The molecule has 2 aliphatic heterocycles. The fourth-order valence-corrected chi connectivity index (χ4v) is 5.16. The van der Waals surface area contributed by atoms with Crippen molar-refractivity contribution >= 4 is 17.7 Å². The summed E-state index contributed by atoms with van der Waals surface area (Å²) in [5.41, 5.74) is 2.17. The van der Waals surface area contributed by atoms with Gasteiger partial charge >= 0.3 is 6.03 Å².